The van der Waals surface area contributed by atoms with Crippen LogP contribution in [-0.4, -0.2) is 24.5 Å². The quantitative estimate of drug-likeness (QED) is 0.640. The molecule has 0 bridgehead atoms. The van der Waals surface area contributed by atoms with Crippen LogP contribution in [0.4, 0.5) is 0 Å². The van der Waals surface area contributed by atoms with Gasteiger partial charge in [0.05, 0.1) is 17.2 Å². The Hall–Kier alpha value is -1.07. The topological polar surface area (TPSA) is 30.8 Å². The molecular formula is C17H14Cl3NO2S. The van der Waals surface area contributed by atoms with Crippen molar-refractivity contribution in [3.05, 3.63) is 56.5 Å². The van der Waals surface area contributed by atoms with Crippen molar-refractivity contribution >= 4 is 51.6 Å². The van der Waals surface area contributed by atoms with E-state index in [0.29, 0.717) is 32.1 Å². The molecule has 1 aliphatic rings. The normalized spacial score (nSPS) is 13.8. The average molecular weight is 403 g/mol. The predicted molar refractivity (Wildman–Crippen MR) is 103 cm³/mol. The van der Waals surface area contributed by atoms with Crippen LogP contribution in [0.15, 0.2) is 35.3 Å². The number of thioether (sulfide) groups is 1. The van der Waals surface area contributed by atoms with Gasteiger partial charge in [0.25, 0.3) is 0 Å². The second kappa shape index (κ2) is 7.87. The first-order valence-corrected chi connectivity index (χ1v) is 9.33. The Kier molecular flexibility index (Phi) is 5.82. The molecular weight excluding hydrogens is 389 g/mol. The number of ether oxygens (including phenoxy) is 2. The van der Waals surface area contributed by atoms with Gasteiger partial charge in [-0.25, -0.2) is 0 Å². The monoisotopic (exact) mass is 401 g/mol. The lowest BCUT2D eigenvalue weighted by Gasteiger charge is -2.15. The van der Waals surface area contributed by atoms with E-state index in [1.54, 1.807) is 37.1 Å². The largest absolute Gasteiger partial charge is 0.493 e. The number of rotatable bonds is 5. The lowest BCUT2D eigenvalue weighted by Crippen LogP contribution is -2.02. The van der Waals surface area contributed by atoms with Crippen LogP contribution in [0, 0.1) is 0 Å². The Bertz CT molecular complexity index is 775. The number of nitrogens with zero attached hydrogens (tertiary/aromatic N) is 1. The molecule has 2 aromatic rings. The van der Waals surface area contributed by atoms with Crippen LogP contribution in [-0.2, 0) is 6.61 Å². The first kappa shape index (κ1) is 17.7. The molecule has 0 radical (unpaired) electrons. The Labute approximate surface area is 159 Å². The smallest absolute Gasteiger partial charge is 0.180 e. The number of halogens is 3. The average Bonchev–Trinajstić information content (AvgIpc) is 3.09. The molecule has 0 saturated carbocycles. The van der Waals surface area contributed by atoms with E-state index in [2.05, 4.69) is 4.99 Å². The van der Waals surface area contributed by atoms with Crippen LogP contribution in [0.5, 0.6) is 11.5 Å². The highest BCUT2D eigenvalue weighted by molar-refractivity contribution is 8.14. The lowest BCUT2D eigenvalue weighted by molar-refractivity contribution is 0.285. The van der Waals surface area contributed by atoms with Crippen LogP contribution < -0.4 is 9.47 Å². The van der Waals surface area contributed by atoms with Gasteiger partial charge in [0, 0.05) is 33.5 Å². The summed E-state index contributed by atoms with van der Waals surface area (Å²) in [5.41, 5.74) is 1.64. The van der Waals surface area contributed by atoms with Crippen molar-refractivity contribution in [1.82, 2.24) is 0 Å². The van der Waals surface area contributed by atoms with Gasteiger partial charge in [0.1, 0.15) is 6.61 Å². The van der Waals surface area contributed by atoms with Gasteiger partial charge in [-0.3, -0.25) is 4.99 Å². The van der Waals surface area contributed by atoms with Gasteiger partial charge in [-0.15, -0.1) is 11.8 Å². The highest BCUT2D eigenvalue weighted by Crippen LogP contribution is 2.39. The SMILES string of the molecule is COc1cc(C2=NCCS2)cc(Cl)c1OCc1c(Cl)cccc1Cl. The van der Waals surface area contributed by atoms with E-state index in [4.69, 9.17) is 44.3 Å². The van der Waals surface area contributed by atoms with E-state index in [0.717, 1.165) is 22.9 Å². The van der Waals surface area contributed by atoms with Crippen LogP contribution in [0.3, 0.4) is 0 Å². The van der Waals surface area contributed by atoms with Gasteiger partial charge in [-0.2, -0.15) is 0 Å². The standard InChI is InChI=1S/C17H14Cl3NO2S/c1-22-15-8-10(17-21-5-6-24-17)7-14(20)16(15)23-9-11-12(18)3-2-4-13(11)19/h2-4,7-8H,5-6,9H2,1H3. The maximum Gasteiger partial charge on any atom is 0.180 e. The summed E-state index contributed by atoms with van der Waals surface area (Å²) < 4.78 is 11.3. The first-order valence-electron chi connectivity index (χ1n) is 7.21. The van der Waals surface area contributed by atoms with Crippen LogP contribution in [0.1, 0.15) is 11.1 Å². The fourth-order valence-electron chi connectivity index (χ4n) is 2.31. The summed E-state index contributed by atoms with van der Waals surface area (Å²) in [6.07, 6.45) is 0. The highest BCUT2D eigenvalue weighted by atomic mass is 35.5. The zero-order valence-corrected chi connectivity index (χ0v) is 15.9. The number of benzene rings is 2. The van der Waals surface area contributed by atoms with Crippen molar-refractivity contribution in [3.63, 3.8) is 0 Å². The van der Waals surface area contributed by atoms with Gasteiger partial charge in [-0.1, -0.05) is 40.9 Å². The summed E-state index contributed by atoms with van der Waals surface area (Å²) in [5.74, 6) is 2.00. The van der Waals surface area contributed by atoms with Crippen molar-refractivity contribution in [3.8, 4) is 11.5 Å². The fourth-order valence-corrected chi connectivity index (χ4v) is 3.92. The van der Waals surface area contributed by atoms with E-state index >= 15 is 0 Å². The molecule has 7 heteroatoms. The van der Waals surface area contributed by atoms with E-state index in [-0.39, 0.29) is 6.61 Å². The Balaban J connectivity index is 1.87. The zero-order valence-electron chi connectivity index (χ0n) is 12.8. The van der Waals surface area contributed by atoms with Crippen LogP contribution >= 0.6 is 46.6 Å². The zero-order chi connectivity index (χ0) is 17.1. The van der Waals surface area contributed by atoms with Crippen LogP contribution in [0.25, 0.3) is 0 Å². The Morgan fingerprint density at radius 2 is 1.88 bits per heavy atom. The van der Waals surface area contributed by atoms with Gasteiger partial charge in [0.2, 0.25) is 0 Å². The number of hydrogen-bond donors (Lipinski definition) is 0. The molecule has 0 aliphatic carbocycles. The molecule has 24 heavy (non-hydrogen) atoms. The van der Waals surface area contributed by atoms with Crippen LogP contribution in [0.2, 0.25) is 15.1 Å². The second-order valence-corrected chi connectivity index (χ2v) is 7.32. The van der Waals surface area contributed by atoms with Gasteiger partial charge in [0.15, 0.2) is 11.5 Å². The van der Waals surface area contributed by atoms with E-state index in [9.17, 15) is 0 Å². The fraction of sp³-hybridized carbons (Fsp3) is 0.235. The minimum atomic E-state index is 0.198. The summed E-state index contributed by atoms with van der Waals surface area (Å²) in [5, 5.41) is 2.52. The van der Waals surface area contributed by atoms with Gasteiger partial charge >= 0.3 is 0 Å². The third kappa shape index (κ3) is 3.77. The maximum atomic E-state index is 6.40. The van der Waals surface area contributed by atoms with Gasteiger partial charge in [-0.05, 0) is 24.3 Å². The molecule has 0 amide bonds. The van der Waals surface area contributed by atoms with Gasteiger partial charge < -0.3 is 9.47 Å². The number of hydrogen-bond acceptors (Lipinski definition) is 4. The number of methoxy groups -OCH3 is 1. The molecule has 0 N–H and O–H groups in total. The molecule has 0 saturated heterocycles. The Morgan fingerprint density at radius 1 is 1.12 bits per heavy atom. The molecule has 1 heterocycles. The van der Waals surface area contributed by atoms with E-state index in [1.165, 1.54) is 0 Å². The molecule has 0 fully saturated rings. The molecule has 2 aromatic carbocycles. The Morgan fingerprint density at radius 3 is 2.50 bits per heavy atom. The van der Waals surface area contributed by atoms with E-state index < -0.39 is 0 Å². The molecule has 0 spiro atoms. The van der Waals surface area contributed by atoms with Crippen molar-refractivity contribution in [1.29, 1.82) is 0 Å². The van der Waals surface area contributed by atoms with Crippen molar-refractivity contribution in [2.24, 2.45) is 4.99 Å². The molecule has 0 aromatic heterocycles. The summed E-state index contributed by atoms with van der Waals surface area (Å²) in [7, 11) is 1.58. The molecule has 126 valence electrons. The molecule has 3 rings (SSSR count). The third-order valence-corrected chi connectivity index (χ3v) is 5.50. The third-order valence-electron chi connectivity index (χ3n) is 3.48. The van der Waals surface area contributed by atoms with Crippen molar-refractivity contribution in [2.45, 2.75) is 6.61 Å². The predicted octanol–water partition coefficient (Wildman–Crippen LogP) is 5.73. The van der Waals surface area contributed by atoms with Crippen molar-refractivity contribution < 1.29 is 9.47 Å². The summed E-state index contributed by atoms with van der Waals surface area (Å²) in [6.45, 7) is 1.02. The minimum absolute atomic E-state index is 0.198. The summed E-state index contributed by atoms with van der Waals surface area (Å²) >= 11 is 20.5. The number of aliphatic imine (C=N–C) groups is 1. The van der Waals surface area contributed by atoms with Crippen molar-refractivity contribution in [2.75, 3.05) is 19.4 Å². The maximum absolute atomic E-state index is 6.40. The second-order valence-electron chi connectivity index (χ2n) is 5.01. The molecule has 1 aliphatic heterocycles. The first-order chi connectivity index (χ1) is 11.6. The molecule has 0 atom stereocenters. The molecule has 3 nitrogen and oxygen atoms in total. The summed E-state index contributed by atoms with van der Waals surface area (Å²) in [6, 6.07) is 9.04. The summed E-state index contributed by atoms with van der Waals surface area (Å²) in [4.78, 5) is 4.46. The van der Waals surface area contributed by atoms with E-state index in [1.807, 2.05) is 12.1 Å². The highest BCUT2D eigenvalue weighted by Gasteiger charge is 2.18. The molecule has 0 unspecified atom stereocenters. The minimum Gasteiger partial charge on any atom is -0.493 e. The lowest BCUT2D eigenvalue weighted by atomic mass is 10.2.